The molecule has 41 heavy (non-hydrogen) atoms. The zero-order valence-corrected chi connectivity index (χ0v) is 24.3. The number of ether oxygens (including phenoxy) is 2. The molecule has 5 N–H and O–H groups in total. The molecule has 230 valence electrons. The first-order valence-electron chi connectivity index (χ1n) is 14.8. The zero-order chi connectivity index (χ0) is 30.2. The molecule has 0 spiro atoms. The van der Waals surface area contributed by atoms with Crippen LogP contribution >= 0.6 is 0 Å². The van der Waals surface area contributed by atoms with Crippen molar-refractivity contribution in [3.63, 3.8) is 0 Å². The Morgan fingerprint density at radius 3 is 2.54 bits per heavy atom. The van der Waals surface area contributed by atoms with Crippen molar-refractivity contribution in [2.45, 2.75) is 128 Å². The number of nitrogens with two attached hydrogens (primary N) is 1. The van der Waals surface area contributed by atoms with Gasteiger partial charge >= 0.3 is 5.97 Å². The molecule has 0 bridgehead atoms. The summed E-state index contributed by atoms with van der Waals surface area (Å²) in [6, 6.07) is -0.958. The van der Waals surface area contributed by atoms with E-state index in [1.807, 2.05) is 13.8 Å². The number of carbonyl (C=O) groups is 3. The van der Waals surface area contributed by atoms with Gasteiger partial charge in [-0.25, -0.2) is 9.38 Å². The Hall–Kier alpha value is -2.77. The number of esters is 1. The molecule has 0 aromatic rings. The molecule has 3 unspecified atom stereocenters. The van der Waals surface area contributed by atoms with Crippen LogP contribution < -0.4 is 11.1 Å². The van der Waals surface area contributed by atoms with E-state index in [2.05, 4.69) is 22.2 Å². The van der Waals surface area contributed by atoms with Crippen LogP contribution in [-0.4, -0.2) is 88.6 Å². The summed E-state index contributed by atoms with van der Waals surface area (Å²) >= 11 is 0. The van der Waals surface area contributed by atoms with E-state index in [0.29, 0.717) is 12.8 Å². The zero-order valence-electron chi connectivity index (χ0n) is 24.3. The molecular weight excluding hydrogens is 535 g/mol. The van der Waals surface area contributed by atoms with Gasteiger partial charge in [-0.3, -0.25) is 30.0 Å². The topological polar surface area (TPSA) is 180 Å². The lowest BCUT2D eigenvalue weighted by Crippen LogP contribution is -2.65. The fourth-order valence-corrected chi connectivity index (χ4v) is 5.24. The van der Waals surface area contributed by atoms with Crippen LogP contribution in [0, 0.1) is 11.3 Å². The molecule has 7 atom stereocenters. The Kier molecular flexibility index (Phi) is 11.9. The van der Waals surface area contributed by atoms with E-state index >= 15 is 0 Å². The van der Waals surface area contributed by atoms with Crippen molar-refractivity contribution in [2.24, 2.45) is 21.6 Å². The number of ketones is 1. The summed E-state index contributed by atoms with van der Waals surface area (Å²) in [7, 11) is 0. The number of rotatable bonds is 17. The van der Waals surface area contributed by atoms with Crippen LogP contribution in [0.5, 0.6) is 0 Å². The number of halogens is 1. The van der Waals surface area contributed by atoms with E-state index in [4.69, 9.17) is 20.6 Å². The fourth-order valence-electron chi connectivity index (χ4n) is 5.24. The normalized spacial score (nSPS) is 27.7. The van der Waals surface area contributed by atoms with Crippen LogP contribution in [0.3, 0.4) is 0 Å². The maximum Gasteiger partial charge on any atom is 0.323 e. The Bertz CT molecular complexity index is 1020. The molecule has 1 amide bonds. The summed E-state index contributed by atoms with van der Waals surface area (Å²) in [4.78, 5) is 50.1. The van der Waals surface area contributed by atoms with Crippen molar-refractivity contribution in [3.8, 4) is 0 Å². The molecular formula is C28H45FN6O6. The fraction of sp³-hybridized carbons (Fsp3) is 0.786. The van der Waals surface area contributed by atoms with Gasteiger partial charge in [0.05, 0.1) is 12.9 Å². The summed E-state index contributed by atoms with van der Waals surface area (Å²) in [5.74, 6) is -3.43. The standard InChI is InChI=1S/C28H45FN6O6/c1-4-6-7-8-9-10-11-12-13-19(41-24(38)22(30)17(3)5-2)23(37)28-25(33-27(31)34-26(28)39)35(16-32-28)21-14-18(29)20(15-36)40-21/h16-22,36H,4-15,30H2,1-3H3,(H2,31,34,39)/t17-,18?,19?,20+,21+,22-,28?/m0/s1. The number of unbranched alkanes of at least 4 members (excludes halogenated alkanes) is 7. The number of aliphatic imine (C=N–C) groups is 2. The number of nitrogens with zero attached hydrogens (tertiary/aromatic N) is 3. The van der Waals surface area contributed by atoms with E-state index in [1.54, 1.807) is 0 Å². The van der Waals surface area contributed by atoms with E-state index in [1.165, 1.54) is 17.7 Å². The lowest BCUT2D eigenvalue weighted by molar-refractivity contribution is -0.160. The highest BCUT2D eigenvalue weighted by atomic mass is 19.1. The number of nitrogens with one attached hydrogen (secondary N) is 2. The van der Waals surface area contributed by atoms with E-state index < -0.39 is 66.4 Å². The summed E-state index contributed by atoms with van der Waals surface area (Å²) in [6.45, 7) is 5.31. The molecule has 0 aliphatic carbocycles. The molecule has 3 heterocycles. The van der Waals surface area contributed by atoms with Gasteiger partial charge in [0.1, 0.15) is 24.5 Å². The summed E-state index contributed by atoms with van der Waals surface area (Å²) in [5, 5.41) is 19.6. The van der Waals surface area contributed by atoms with Crippen LogP contribution in [0.1, 0.15) is 91.4 Å². The second-order valence-corrected chi connectivity index (χ2v) is 11.1. The molecule has 0 aromatic heterocycles. The van der Waals surface area contributed by atoms with Gasteiger partial charge in [-0.1, -0.05) is 72.1 Å². The third-order valence-corrected chi connectivity index (χ3v) is 8.13. The van der Waals surface area contributed by atoms with E-state index in [9.17, 15) is 23.9 Å². The largest absolute Gasteiger partial charge is 0.453 e. The van der Waals surface area contributed by atoms with Gasteiger partial charge < -0.3 is 20.3 Å². The van der Waals surface area contributed by atoms with Crippen molar-refractivity contribution in [3.05, 3.63) is 0 Å². The van der Waals surface area contributed by atoms with Crippen molar-refractivity contribution in [1.29, 1.82) is 5.41 Å². The summed E-state index contributed by atoms with van der Waals surface area (Å²) in [6.07, 6.45) is 4.91. The van der Waals surface area contributed by atoms with Gasteiger partial charge in [-0.05, 0) is 18.8 Å². The number of fused-ring (bicyclic) bond motifs is 1. The van der Waals surface area contributed by atoms with Gasteiger partial charge in [-0.2, -0.15) is 4.99 Å². The third-order valence-electron chi connectivity index (χ3n) is 8.13. The van der Waals surface area contributed by atoms with Gasteiger partial charge in [0.2, 0.25) is 11.7 Å². The average Bonchev–Trinajstić information content (AvgIpc) is 3.53. The van der Waals surface area contributed by atoms with E-state index in [0.717, 1.165) is 38.4 Å². The predicted octanol–water partition coefficient (Wildman–Crippen LogP) is 2.36. The molecule has 1 fully saturated rings. The Morgan fingerprint density at radius 2 is 1.93 bits per heavy atom. The Balaban J connectivity index is 1.83. The van der Waals surface area contributed by atoms with Gasteiger partial charge in [0.25, 0.3) is 11.4 Å². The number of guanidine groups is 1. The summed E-state index contributed by atoms with van der Waals surface area (Å²) in [5.41, 5.74) is 3.85. The van der Waals surface area contributed by atoms with Crippen LogP contribution in [0.25, 0.3) is 0 Å². The average molecular weight is 581 g/mol. The molecule has 0 radical (unpaired) electrons. The minimum Gasteiger partial charge on any atom is -0.453 e. The molecule has 3 rings (SSSR count). The van der Waals surface area contributed by atoms with Crippen LogP contribution in [-0.2, 0) is 23.9 Å². The van der Waals surface area contributed by atoms with Crippen molar-refractivity contribution >= 4 is 35.8 Å². The first kappa shape index (κ1) is 32.7. The van der Waals surface area contributed by atoms with Crippen molar-refractivity contribution in [2.75, 3.05) is 6.61 Å². The summed E-state index contributed by atoms with van der Waals surface area (Å²) < 4.78 is 25.7. The highest BCUT2D eigenvalue weighted by Crippen LogP contribution is 2.34. The first-order valence-corrected chi connectivity index (χ1v) is 14.8. The van der Waals surface area contributed by atoms with Crippen LogP contribution in [0.15, 0.2) is 9.98 Å². The van der Waals surface area contributed by atoms with Gasteiger partial charge in [0, 0.05) is 6.42 Å². The number of hydrogen-bond acceptors (Lipinski definition) is 10. The Labute approximate surface area is 240 Å². The lowest BCUT2D eigenvalue weighted by Gasteiger charge is -2.34. The number of amides is 1. The third kappa shape index (κ3) is 7.36. The van der Waals surface area contributed by atoms with Gasteiger partial charge in [0.15, 0.2) is 11.9 Å². The van der Waals surface area contributed by atoms with Crippen molar-refractivity contribution in [1.82, 2.24) is 10.2 Å². The quantitative estimate of drug-likeness (QED) is 0.115. The molecule has 1 saturated heterocycles. The number of amidine groups is 1. The van der Waals surface area contributed by atoms with Crippen LogP contribution in [0.4, 0.5) is 4.39 Å². The lowest BCUT2D eigenvalue weighted by atomic mass is 9.85. The molecule has 3 aliphatic heterocycles. The number of alkyl halides is 1. The maximum absolute atomic E-state index is 14.4. The number of aliphatic hydroxyl groups is 1. The molecule has 13 heteroatoms. The number of Topliss-reactive ketones (excluding diaryl/α,β-unsaturated/α-hetero) is 1. The highest BCUT2D eigenvalue weighted by Gasteiger charge is 2.61. The molecule has 12 nitrogen and oxygen atoms in total. The smallest absolute Gasteiger partial charge is 0.323 e. The number of hydrogen-bond donors (Lipinski definition) is 4. The van der Waals surface area contributed by atoms with E-state index in [-0.39, 0.29) is 24.6 Å². The number of carbonyl (C=O) groups excluding carboxylic acids is 3. The molecule has 3 aliphatic rings. The highest BCUT2D eigenvalue weighted by molar-refractivity contribution is 6.39. The predicted molar refractivity (Wildman–Crippen MR) is 151 cm³/mol. The van der Waals surface area contributed by atoms with Gasteiger partial charge in [-0.15, -0.1) is 0 Å². The minimum atomic E-state index is -2.25. The molecule has 0 aromatic carbocycles. The second-order valence-electron chi connectivity index (χ2n) is 11.1. The first-order chi connectivity index (χ1) is 19.6. The minimum absolute atomic E-state index is 0.154. The Morgan fingerprint density at radius 1 is 1.27 bits per heavy atom. The molecule has 0 saturated carbocycles. The van der Waals surface area contributed by atoms with Crippen LogP contribution in [0.2, 0.25) is 0 Å². The van der Waals surface area contributed by atoms with Crippen molar-refractivity contribution < 1.29 is 33.4 Å². The SMILES string of the molecule is CCCCCCCCCCC(OC(=O)[C@@H](N)[C@@H](C)CC)C(=O)C12N=CN([C@H]3CC(F)[C@@H](CO)O3)C1=NC(=N)NC2=O. The maximum atomic E-state index is 14.4. The monoisotopic (exact) mass is 580 g/mol. The second kappa shape index (κ2) is 14.9. The number of aliphatic hydroxyl groups excluding tert-OH is 1.